The topological polar surface area (TPSA) is 73.1 Å². The maximum absolute atomic E-state index is 11.8. The highest BCUT2D eigenvalue weighted by Gasteiger charge is 2.28. The molecule has 1 aliphatic carbocycles. The van der Waals surface area contributed by atoms with Gasteiger partial charge in [0.25, 0.3) is 0 Å². The van der Waals surface area contributed by atoms with Crippen LogP contribution in [0.4, 0.5) is 0 Å². The van der Waals surface area contributed by atoms with E-state index < -0.39 is 5.92 Å². The fourth-order valence-corrected chi connectivity index (χ4v) is 2.47. The van der Waals surface area contributed by atoms with E-state index in [1.54, 1.807) is 0 Å². The number of nitrogens with one attached hydrogen (secondary N) is 1. The van der Waals surface area contributed by atoms with E-state index >= 15 is 0 Å². The summed E-state index contributed by atoms with van der Waals surface area (Å²) in [5.41, 5.74) is 0. The van der Waals surface area contributed by atoms with E-state index in [0.29, 0.717) is 18.4 Å². The molecule has 0 spiro atoms. The van der Waals surface area contributed by atoms with E-state index in [1.807, 2.05) is 19.9 Å². The molecule has 1 amide bonds. The molecular formula is C13H22N2O2. The van der Waals surface area contributed by atoms with Crippen LogP contribution >= 0.6 is 0 Å². The Bertz CT molecular complexity index is 296. The number of carbonyl (C=O) groups is 1. The van der Waals surface area contributed by atoms with E-state index in [-0.39, 0.29) is 18.4 Å². The molecule has 4 nitrogen and oxygen atoms in total. The Hall–Kier alpha value is -1.08. The molecule has 17 heavy (non-hydrogen) atoms. The summed E-state index contributed by atoms with van der Waals surface area (Å²) in [7, 11) is 0. The van der Waals surface area contributed by atoms with Crippen molar-refractivity contribution in [2.75, 3.05) is 13.2 Å². The summed E-state index contributed by atoms with van der Waals surface area (Å²) < 4.78 is 0. The Morgan fingerprint density at radius 2 is 2.12 bits per heavy atom. The second-order valence-electron chi connectivity index (χ2n) is 5.23. The molecule has 1 rings (SSSR count). The molecule has 0 radical (unpaired) electrons. The van der Waals surface area contributed by atoms with Crippen LogP contribution in [0, 0.1) is 35.0 Å². The number of rotatable bonds is 5. The largest absolute Gasteiger partial charge is 0.396 e. The van der Waals surface area contributed by atoms with Crippen molar-refractivity contribution < 1.29 is 9.90 Å². The minimum Gasteiger partial charge on any atom is -0.396 e. The minimum absolute atomic E-state index is 0.0391. The van der Waals surface area contributed by atoms with Crippen molar-refractivity contribution >= 4 is 5.91 Å². The summed E-state index contributed by atoms with van der Waals surface area (Å²) in [5, 5.41) is 20.9. The highest BCUT2D eigenvalue weighted by atomic mass is 16.3. The third kappa shape index (κ3) is 3.71. The van der Waals surface area contributed by atoms with Crippen LogP contribution in [-0.2, 0) is 4.79 Å². The predicted molar refractivity (Wildman–Crippen MR) is 64.9 cm³/mol. The Balaban J connectivity index is 2.40. The lowest BCUT2D eigenvalue weighted by atomic mass is 9.94. The maximum atomic E-state index is 11.8. The van der Waals surface area contributed by atoms with Gasteiger partial charge in [-0.2, -0.15) is 5.26 Å². The molecule has 0 bridgehead atoms. The van der Waals surface area contributed by atoms with E-state index in [2.05, 4.69) is 5.32 Å². The molecule has 2 N–H and O–H groups in total. The molecule has 3 unspecified atom stereocenters. The highest BCUT2D eigenvalue weighted by molar-refractivity contribution is 5.81. The maximum Gasteiger partial charge on any atom is 0.237 e. The normalized spacial score (nSPS) is 25.6. The average molecular weight is 238 g/mol. The first-order chi connectivity index (χ1) is 8.10. The molecule has 0 aliphatic heterocycles. The van der Waals surface area contributed by atoms with Gasteiger partial charge in [-0.3, -0.25) is 4.79 Å². The number of amides is 1. The van der Waals surface area contributed by atoms with Gasteiger partial charge in [0.05, 0.1) is 6.07 Å². The minimum atomic E-state index is -0.566. The SMILES string of the molecule is CC(C)C(C#N)C(=O)NCC1CCCC1CO. The van der Waals surface area contributed by atoms with Crippen molar-refractivity contribution in [3.63, 3.8) is 0 Å². The molecule has 1 saturated carbocycles. The van der Waals surface area contributed by atoms with Crippen LogP contribution in [0.2, 0.25) is 0 Å². The van der Waals surface area contributed by atoms with Crippen LogP contribution in [0.25, 0.3) is 0 Å². The second-order valence-corrected chi connectivity index (χ2v) is 5.23. The lowest BCUT2D eigenvalue weighted by molar-refractivity contribution is -0.124. The molecule has 0 saturated heterocycles. The number of aliphatic hydroxyl groups is 1. The number of hydrogen-bond acceptors (Lipinski definition) is 3. The van der Waals surface area contributed by atoms with Gasteiger partial charge in [-0.15, -0.1) is 0 Å². The van der Waals surface area contributed by atoms with Gasteiger partial charge in [-0.25, -0.2) is 0 Å². The van der Waals surface area contributed by atoms with Gasteiger partial charge >= 0.3 is 0 Å². The zero-order valence-electron chi connectivity index (χ0n) is 10.6. The summed E-state index contributed by atoms with van der Waals surface area (Å²) in [6.07, 6.45) is 3.23. The van der Waals surface area contributed by atoms with Gasteiger partial charge in [0.15, 0.2) is 0 Å². The number of aliphatic hydroxyl groups excluding tert-OH is 1. The highest BCUT2D eigenvalue weighted by Crippen LogP contribution is 2.30. The standard InChI is InChI=1S/C13H22N2O2/c1-9(2)12(6-14)13(17)15-7-10-4-3-5-11(10)8-16/h9-12,16H,3-5,7-8H2,1-2H3,(H,15,17). The monoisotopic (exact) mass is 238 g/mol. The zero-order valence-corrected chi connectivity index (χ0v) is 10.6. The van der Waals surface area contributed by atoms with Crippen molar-refractivity contribution in [1.29, 1.82) is 5.26 Å². The summed E-state index contributed by atoms with van der Waals surface area (Å²) in [6.45, 7) is 4.54. The van der Waals surface area contributed by atoms with Gasteiger partial charge < -0.3 is 10.4 Å². The van der Waals surface area contributed by atoms with Crippen molar-refractivity contribution in [2.45, 2.75) is 33.1 Å². The Morgan fingerprint density at radius 3 is 2.65 bits per heavy atom. The van der Waals surface area contributed by atoms with Gasteiger partial charge in [-0.1, -0.05) is 20.3 Å². The van der Waals surface area contributed by atoms with E-state index in [4.69, 9.17) is 5.26 Å². The molecule has 0 heterocycles. The van der Waals surface area contributed by atoms with Crippen LogP contribution in [0.3, 0.4) is 0 Å². The van der Waals surface area contributed by atoms with Crippen LogP contribution < -0.4 is 5.32 Å². The van der Waals surface area contributed by atoms with Crippen LogP contribution in [0.1, 0.15) is 33.1 Å². The van der Waals surface area contributed by atoms with Crippen LogP contribution in [-0.4, -0.2) is 24.2 Å². The van der Waals surface area contributed by atoms with Crippen molar-refractivity contribution in [1.82, 2.24) is 5.32 Å². The predicted octanol–water partition coefficient (Wildman–Crippen LogP) is 1.31. The second kappa shape index (κ2) is 6.61. The molecular weight excluding hydrogens is 216 g/mol. The number of nitrogens with zero attached hydrogens (tertiary/aromatic N) is 1. The third-order valence-electron chi connectivity index (χ3n) is 3.68. The summed E-state index contributed by atoms with van der Waals surface area (Å²) in [5.74, 6) is -0.0161. The van der Waals surface area contributed by atoms with E-state index in [1.165, 1.54) is 0 Å². The fourth-order valence-electron chi connectivity index (χ4n) is 2.47. The van der Waals surface area contributed by atoms with Crippen LogP contribution in [0.15, 0.2) is 0 Å². The molecule has 4 heteroatoms. The Kier molecular flexibility index (Phi) is 5.43. The molecule has 0 aromatic rings. The first kappa shape index (κ1) is 14.0. The van der Waals surface area contributed by atoms with E-state index in [0.717, 1.165) is 19.3 Å². The van der Waals surface area contributed by atoms with Gasteiger partial charge in [-0.05, 0) is 30.6 Å². The lowest BCUT2D eigenvalue weighted by Gasteiger charge is -2.19. The summed E-state index contributed by atoms with van der Waals surface area (Å²) >= 11 is 0. The molecule has 0 aromatic carbocycles. The van der Waals surface area contributed by atoms with Gasteiger partial charge in [0, 0.05) is 13.2 Å². The smallest absolute Gasteiger partial charge is 0.237 e. The number of hydrogen-bond donors (Lipinski definition) is 2. The van der Waals surface area contributed by atoms with Crippen LogP contribution in [0.5, 0.6) is 0 Å². The first-order valence-electron chi connectivity index (χ1n) is 6.38. The molecule has 1 fully saturated rings. The lowest BCUT2D eigenvalue weighted by Crippen LogP contribution is -2.37. The fraction of sp³-hybridized carbons (Fsp3) is 0.846. The molecule has 1 aliphatic rings. The quantitative estimate of drug-likeness (QED) is 0.758. The van der Waals surface area contributed by atoms with Crippen molar-refractivity contribution in [2.24, 2.45) is 23.7 Å². The summed E-state index contributed by atoms with van der Waals surface area (Å²) in [6, 6.07) is 2.04. The number of nitriles is 1. The molecule has 96 valence electrons. The zero-order chi connectivity index (χ0) is 12.8. The molecule has 0 aromatic heterocycles. The average Bonchev–Trinajstić information content (AvgIpc) is 2.74. The van der Waals surface area contributed by atoms with Gasteiger partial charge in [0.2, 0.25) is 5.91 Å². The van der Waals surface area contributed by atoms with Crippen molar-refractivity contribution in [3.8, 4) is 6.07 Å². The number of carbonyl (C=O) groups excluding carboxylic acids is 1. The summed E-state index contributed by atoms with van der Waals surface area (Å²) in [4.78, 5) is 11.8. The first-order valence-corrected chi connectivity index (χ1v) is 6.38. The molecule has 3 atom stereocenters. The Morgan fingerprint density at radius 1 is 1.47 bits per heavy atom. The van der Waals surface area contributed by atoms with E-state index in [9.17, 15) is 9.90 Å². The Labute approximate surface area is 103 Å². The third-order valence-corrected chi connectivity index (χ3v) is 3.68. The van der Waals surface area contributed by atoms with Gasteiger partial charge in [0.1, 0.15) is 5.92 Å². The van der Waals surface area contributed by atoms with Crippen molar-refractivity contribution in [3.05, 3.63) is 0 Å².